The molecule has 1 aliphatic rings. The Balaban J connectivity index is 1.95. The second-order valence-electron chi connectivity index (χ2n) is 4.88. The second kappa shape index (κ2) is 4.97. The predicted molar refractivity (Wildman–Crippen MR) is 79.4 cm³/mol. The fourth-order valence-corrected chi connectivity index (χ4v) is 2.12. The van der Waals surface area contributed by atoms with Crippen LogP contribution in [0.15, 0.2) is 30.3 Å². The summed E-state index contributed by atoms with van der Waals surface area (Å²) in [5, 5.41) is 5.61. The third kappa shape index (κ3) is 2.60. The fraction of sp³-hybridized carbons (Fsp3) is 0.133. The van der Waals surface area contributed by atoms with Gasteiger partial charge >= 0.3 is 0 Å². The van der Waals surface area contributed by atoms with Gasteiger partial charge in [-0.2, -0.15) is 0 Å². The summed E-state index contributed by atoms with van der Waals surface area (Å²) in [5.41, 5.74) is 8.49. The van der Waals surface area contributed by atoms with Crippen LogP contribution < -0.4 is 21.1 Å². The Bertz CT molecular complexity index is 731. The van der Waals surface area contributed by atoms with Crippen LogP contribution in [-0.2, 0) is 4.79 Å². The number of hydrogen-bond acceptors (Lipinski definition) is 4. The van der Waals surface area contributed by atoms with Crippen LogP contribution >= 0.6 is 0 Å². The lowest BCUT2D eigenvalue weighted by atomic mass is 10.1. The minimum Gasteiger partial charge on any atom is -0.482 e. The van der Waals surface area contributed by atoms with Crippen molar-refractivity contribution in [2.45, 2.75) is 6.92 Å². The molecule has 0 bridgehead atoms. The van der Waals surface area contributed by atoms with Crippen LogP contribution in [0, 0.1) is 12.7 Å². The molecule has 0 aliphatic carbocycles. The zero-order chi connectivity index (χ0) is 15.0. The molecule has 0 radical (unpaired) electrons. The maximum absolute atomic E-state index is 13.9. The molecule has 2 aromatic rings. The van der Waals surface area contributed by atoms with E-state index in [9.17, 15) is 9.18 Å². The summed E-state index contributed by atoms with van der Waals surface area (Å²) >= 11 is 0. The summed E-state index contributed by atoms with van der Waals surface area (Å²) in [4.78, 5) is 11.3. The van der Waals surface area contributed by atoms with Crippen LogP contribution in [0.25, 0.3) is 0 Å². The van der Waals surface area contributed by atoms with Gasteiger partial charge in [-0.05, 0) is 30.7 Å². The SMILES string of the molecule is Cc1ccc(Nc2cc3c(cc2N)OCC(=O)N3)c(F)c1. The first-order chi connectivity index (χ1) is 10.0. The lowest BCUT2D eigenvalue weighted by molar-refractivity contribution is -0.118. The Morgan fingerprint density at radius 2 is 2.10 bits per heavy atom. The highest BCUT2D eigenvalue weighted by atomic mass is 19.1. The molecule has 6 heteroatoms. The number of halogens is 1. The highest BCUT2D eigenvalue weighted by molar-refractivity contribution is 5.97. The number of nitrogen functional groups attached to an aromatic ring is 1. The molecular weight excluding hydrogens is 273 g/mol. The van der Waals surface area contributed by atoms with E-state index in [1.807, 2.05) is 6.92 Å². The van der Waals surface area contributed by atoms with Gasteiger partial charge in [0.1, 0.15) is 11.6 Å². The summed E-state index contributed by atoms with van der Waals surface area (Å²) in [6.45, 7) is 1.78. The number of rotatable bonds is 2. The quantitative estimate of drug-likeness (QED) is 0.742. The van der Waals surface area contributed by atoms with Crippen LogP contribution in [0.5, 0.6) is 5.75 Å². The Hall–Kier alpha value is -2.76. The van der Waals surface area contributed by atoms with Crippen molar-refractivity contribution < 1.29 is 13.9 Å². The largest absolute Gasteiger partial charge is 0.482 e. The topological polar surface area (TPSA) is 76.4 Å². The second-order valence-corrected chi connectivity index (χ2v) is 4.88. The standard InChI is InChI=1S/C15H14FN3O2/c1-8-2-3-11(9(16)4-8)18-12-6-13-14(5-10(12)17)21-7-15(20)19-13/h2-6,18H,7,17H2,1H3,(H,19,20). The van der Waals surface area contributed by atoms with Gasteiger partial charge in [-0.3, -0.25) is 4.79 Å². The monoisotopic (exact) mass is 287 g/mol. The molecular formula is C15H14FN3O2. The van der Waals surface area contributed by atoms with E-state index >= 15 is 0 Å². The number of fused-ring (bicyclic) bond motifs is 1. The highest BCUT2D eigenvalue weighted by Crippen LogP contribution is 2.36. The van der Waals surface area contributed by atoms with Crippen LogP contribution in [0.1, 0.15) is 5.56 Å². The van der Waals surface area contributed by atoms with Crippen molar-refractivity contribution in [3.8, 4) is 5.75 Å². The summed E-state index contributed by atoms with van der Waals surface area (Å²) in [5.74, 6) is -0.103. The van der Waals surface area contributed by atoms with E-state index in [4.69, 9.17) is 10.5 Å². The molecule has 108 valence electrons. The van der Waals surface area contributed by atoms with Gasteiger partial charge in [-0.1, -0.05) is 6.07 Å². The first-order valence-electron chi connectivity index (χ1n) is 6.42. The molecule has 0 fully saturated rings. The lowest BCUT2D eigenvalue weighted by Gasteiger charge is -2.20. The molecule has 21 heavy (non-hydrogen) atoms. The predicted octanol–water partition coefficient (Wildman–Crippen LogP) is 2.79. The van der Waals surface area contributed by atoms with Crippen molar-refractivity contribution in [2.24, 2.45) is 0 Å². The van der Waals surface area contributed by atoms with Crippen molar-refractivity contribution >= 4 is 28.7 Å². The number of amides is 1. The molecule has 2 aromatic carbocycles. The first kappa shape index (κ1) is 13.2. The average Bonchev–Trinajstić information content (AvgIpc) is 2.43. The fourth-order valence-electron chi connectivity index (χ4n) is 2.12. The van der Waals surface area contributed by atoms with Gasteiger partial charge in [0.15, 0.2) is 6.61 Å². The normalized spacial score (nSPS) is 13.1. The number of nitrogens with two attached hydrogens (primary N) is 1. The van der Waals surface area contributed by atoms with Crippen molar-refractivity contribution in [3.05, 3.63) is 41.7 Å². The van der Waals surface area contributed by atoms with Crippen molar-refractivity contribution in [1.82, 2.24) is 0 Å². The smallest absolute Gasteiger partial charge is 0.262 e. The Labute approximate surface area is 120 Å². The van der Waals surface area contributed by atoms with E-state index in [0.29, 0.717) is 28.5 Å². The van der Waals surface area contributed by atoms with Gasteiger partial charge in [0.05, 0.1) is 22.7 Å². The van der Waals surface area contributed by atoms with Gasteiger partial charge in [0.2, 0.25) is 0 Å². The number of nitrogens with one attached hydrogen (secondary N) is 2. The van der Waals surface area contributed by atoms with Gasteiger partial charge in [-0.15, -0.1) is 0 Å². The van der Waals surface area contributed by atoms with Gasteiger partial charge in [0.25, 0.3) is 5.91 Å². The van der Waals surface area contributed by atoms with E-state index < -0.39 is 0 Å². The molecule has 0 saturated heterocycles. The van der Waals surface area contributed by atoms with Crippen LogP contribution in [0.3, 0.4) is 0 Å². The van der Waals surface area contributed by atoms with E-state index in [1.54, 1.807) is 24.3 Å². The maximum atomic E-state index is 13.9. The number of benzene rings is 2. The number of anilines is 4. The number of hydrogen-bond donors (Lipinski definition) is 3. The molecule has 1 aliphatic heterocycles. The molecule has 3 rings (SSSR count). The molecule has 0 aromatic heterocycles. The Kier molecular flexibility index (Phi) is 3.13. The summed E-state index contributed by atoms with van der Waals surface area (Å²) in [7, 11) is 0. The summed E-state index contributed by atoms with van der Waals surface area (Å²) in [6, 6.07) is 8.09. The maximum Gasteiger partial charge on any atom is 0.262 e. The van der Waals surface area contributed by atoms with E-state index in [0.717, 1.165) is 5.56 Å². The first-order valence-corrected chi connectivity index (χ1v) is 6.42. The number of ether oxygens (including phenoxy) is 1. The molecule has 0 unspecified atom stereocenters. The van der Waals surface area contributed by atoms with Crippen LogP contribution in [-0.4, -0.2) is 12.5 Å². The minimum absolute atomic E-state index is 0.0359. The molecule has 0 spiro atoms. The molecule has 0 saturated carbocycles. The zero-order valence-corrected chi connectivity index (χ0v) is 11.4. The molecule has 1 heterocycles. The summed E-state index contributed by atoms with van der Waals surface area (Å²) in [6.07, 6.45) is 0. The summed E-state index contributed by atoms with van der Waals surface area (Å²) < 4.78 is 19.1. The van der Waals surface area contributed by atoms with Gasteiger partial charge < -0.3 is 21.1 Å². The average molecular weight is 287 g/mol. The Morgan fingerprint density at radius 3 is 2.86 bits per heavy atom. The van der Waals surface area contributed by atoms with Crippen LogP contribution in [0.4, 0.5) is 27.1 Å². The molecule has 0 atom stereocenters. The highest BCUT2D eigenvalue weighted by Gasteiger charge is 2.18. The molecule has 5 nitrogen and oxygen atoms in total. The number of carbonyl (C=O) groups is 1. The zero-order valence-electron chi connectivity index (χ0n) is 11.4. The Morgan fingerprint density at radius 1 is 1.29 bits per heavy atom. The lowest BCUT2D eigenvalue weighted by Crippen LogP contribution is -2.25. The van der Waals surface area contributed by atoms with E-state index in [-0.39, 0.29) is 18.3 Å². The number of carbonyl (C=O) groups excluding carboxylic acids is 1. The van der Waals surface area contributed by atoms with Crippen LogP contribution in [0.2, 0.25) is 0 Å². The third-order valence-corrected chi connectivity index (χ3v) is 3.18. The minimum atomic E-state index is -0.368. The van der Waals surface area contributed by atoms with E-state index in [1.165, 1.54) is 6.07 Å². The molecule has 4 N–H and O–H groups in total. The van der Waals surface area contributed by atoms with Gasteiger partial charge in [-0.25, -0.2) is 4.39 Å². The number of aryl methyl sites for hydroxylation is 1. The molecule has 1 amide bonds. The third-order valence-electron chi connectivity index (χ3n) is 3.18. The van der Waals surface area contributed by atoms with Crippen molar-refractivity contribution in [1.29, 1.82) is 0 Å². The van der Waals surface area contributed by atoms with Gasteiger partial charge in [0, 0.05) is 6.07 Å². The van der Waals surface area contributed by atoms with Crippen molar-refractivity contribution in [2.75, 3.05) is 23.0 Å². The van der Waals surface area contributed by atoms with Crippen molar-refractivity contribution in [3.63, 3.8) is 0 Å². The van der Waals surface area contributed by atoms with E-state index in [2.05, 4.69) is 10.6 Å².